The molecule has 0 saturated heterocycles. The van der Waals surface area contributed by atoms with Crippen LogP contribution in [-0.2, 0) is 11.3 Å². The van der Waals surface area contributed by atoms with Gasteiger partial charge in [0.2, 0.25) is 6.41 Å². The Morgan fingerprint density at radius 1 is 1.26 bits per heavy atom. The summed E-state index contributed by atoms with van der Waals surface area (Å²) in [5, 5.41) is 9.44. The number of nitriles is 1. The normalized spacial score (nSPS) is 10.3. The molecule has 4 N–H and O–H groups in total. The topological polar surface area (TPSA) is 124 Å². The maximum Gasteiger partial charge on any atom is 0.265 e. The number of hydrogen-bond acceptors (Lipinski definition) is 4. The molecule has 0 aliphatic carbocycles. The van der Waals surface area contributed by atoms with Crippen molar-refractivity contribution in [2.45, 2.75) is 33.2 Å². The minimum Gasteiger partial charge on any atom is -0.453 e. The molecule has 178 valence electrons. The van der Waals surface area contributed by atoms with E-state index in [9.17, 15) is 4.79 Å². The Balaban J connectivity index is 0.00000129. The number of ether oxygens (including phenoxy) is 1. The molecule has 1 heterocycles. The summed E-state index contributed by atoms with van der Waals surface area (Å²) in [5.41, 5.74) is 12.2. The van der Waals surface area contributed by atoms with Crippen LogP contribution in [0.5, 0.6) is 11.5 Å². The van der Waals surface area contributed by atoms with Crippen LogP contribution in [0, 0.1) is 24.1 Å². The second-order valence-corrected chi connectivity index (χ2v) is 8.42. The largest absolute Gasteiger partial charge is 0.453 e. The number of hydrogen-bond donors (Lipinski definition) is 2. The van der Waals surface area contributed by atoms with Crippen LogP contribution in [0.3, 0.4) is 0 Å². The number of carbonyl (C=O) groups excluding carboxylic acids is 2. The Labute approximate surface area is 206 Å². The second-order valence-electron chi connectivity index (χ2n) is 7.58. The first-order chi connectivity index (χ1) is 16.0. The molecule has 3 rings (SSSR count). The average Bonchev–Trinajstić information content (AvgIpc) is 3.09. The summed E-state index contributed by atoms with van der Waals surface area (Å²) in [6, 6.07) is 11.3. The number of amides is 2. The Bertz CT molecular complexity index is 1270. The number of aryl methyl sites for hydroxylation is 1. The lowest BCUT2D eigenvalue weighted by Gasteiger charge is -2.17. The van der Waals surface area contributed by atoms with E-state index in [4.69, 9.17) is 43.7 Å². The molecule has 0 aliphatic heterocycles. The van der Waals surface area contributed by atoms with Gasteiger partial charge >= 0.3 is 0 Å². The van der Waals surface area contributed by atoms with E-state index in [1.165, 1.54) is 30.3 Å². The molecule has 7 nitrogen and oxygen atoms in total. The third-order valence-corrected chi connectivity index (χ3v) is 5.34. The first kappa shape index (κ1) is 26.7. The first-order valence-corrected chi connectivity index (χ1v) is 10.8. The molecule has 2 aromatic carbocycles. The van der Waals surface area contributed by atoms with Gasteiger partial charge in [-0.05, 0) is 48.7 Å². The van der Waals surface area contributed by atoms with Crippen LogP contribution in [0.25, 0.3) is 0 Å². The van der Waals surface area contributed by atoms with Crippen molar-refractivity contribution in [3.63, 3.8) is 0 Å². The molecule has 2 amide bonds. The van der Waals surface area contributed by atoms with Gasteiger partial charge in [-0.2, -0.15) is 5.26 Å². The number of primary amides is 2. The van der Waals surface area contributed by atoms with Crippen LogP contribution in [0.1, 0.15) is 52.6 Å². The van der Waals surface area contributed by atoms with Crippen LogP contribution in [0.15, 0.2) is 36.4 Å². The van der Waals surface area contributed by atoms with E-state index in [0.29, 0.717) is 5.69 Å². The predicted octanol–water partition coefficient (Wildman–Crippen LogP) is 5.28. The molecule has 3 aromatic rings. The van der Waals surface area contributed by atoms with Gasteiger partial charge in [0.15, 0.2) is 11.6 Å². The van der Waals surface area contributed by atoms with Gasteiger partial charge in [0.25, 0.3) is 5.91 Å². The number of halogens is 3. The number of nitrogens with zero attached hydrogens (tertiary/aromatic N) is 2. The lowest BCUT2D eigenvalue weighted by atomic mass is 10.1. The van der Waals surface area contributed by atoms with Gasteiger partial charge in [-0.25, -0.2) is 4.39 Å². The predicted molar refractivity (Wildman–Crippen MR) is 129 cm³/mol. The van der Waals surface area contributed by atoms with E-state index in [-0.39, 0.29) is 51.5 Å². The minimum atomic E-state index is -0.678. The van der Waals surface area contributed by atoms with E-state index < -0.39 is 11.7 Å². The summed E-state index contributed by atoms with van der Waals surface area (Å²) >= 11 is 12.2. The second kappa shape index (κ2) is 11.5. The van der Waals surface area contributed by atoms with E-state index >= 15 is 4.39 Å². The van der Waals surface area contributed by atoms with Crippen LogP contribution in [0.4, 0.5) is 4.39 Å². The number of carbonyl (C=O) groups is 2. The fraction of sp³-hybridized carbons (Fsp3) is 0.208. The van der Waals surface area contributed by atoms with Gasteiger partial charge in [0.1, 0.15) is 11.4 Å². The van der Waals surface area contributed by atoms with Crippen LogP contribution < -0.4 is 16.2 Å². The summed E-state index contributed by atoms with van der Waals surface area (Å²) in [7, 11) is 0. The average molecular weight is 505 g/mol. The van der Waals surface area contributed by atoms with Crippen molar-refractivity contribution in [1.29, 1.82) is 5.26 Å². The van der Waals surface area contributed by atoms with Crippen molar-refractivity contribution >= 4 is 35.5 Å². The minimum absolute atomic E-state index is 0.0580. The quantitative estimate of drug-likeness (QED) is 0.443. The van der Waals surface area contributed by atoms with E-state index in [1.807, 2.05) is 26.0 Å². The molecule has 0 bridgehead atoms. The zero-order chi connectivity index (χ0) is 25.6. The van der Waals surface area contributed by atoms with Crippen LogP contribution in [-0.4, -0.2) is 16.9 Å². The standard InChI is InChI=1S/C23H20Cl2FN3O2.CH3NO/c1-12(2)19-6-13(3)21(23(28)30)29(19)11-15-4-5-18(25)22(20(15)26)31-17-8-14(10-27)7-16(24)9-17;2-1-3/h4-9,12H,11H2,1-3H3,(H2,28,30);1H,(H2,2,3). The highest BCUT2D eigenvalue weighted by Gasteiger charge is 2.22. The fourth-order valence-corrected chi connectivity index (χ4v) is 3.86. The molecular weight excluding hydrogens is 482 g/mol. The van der Waals surface area contributed by atoms with Gasteiger partial charge in [-0.3, -0.25) is 9.59 Å². The fourth-order valence-electron chi connectivity index (χ4n) is 3.45. The third kappa shape index (κ3) is 6.07. The van der Waals surface area contributed by atoms with Crippen molar-refractivity contribution < 1.29 is 18.7 Å². The molecule has 0 fully saturated rings. The van der Waals surface area contributed by atoms with E-state index in [1.54, 1.807) is 11.5 Å². The molecule has 10 heteroatoms. The first-order valence-electron chi connectivity index (χ1n) is 10.0. The van der Waals surface area contributed by atoms with Crippen molar-refractivity contribution in [2.24, 2.45) is 11.5 Å². The van der Waals surface area contributed by atoms with Gasteiger partial charge < -0.3 is 20.8 Å². The summed E-state index contributed by atoms with van der Waals surface area (Å²) in [6.07, 6.45) is 0.250. The summed E-state index contributed by atoms with van der Waals surface area (Å²) < 4.78 is 22.8. The number of nitrogens with two attached hydrogens (primary N) is 2. The summed E-state index contributed by atoms with van der Waals surface area (Å²) in [4.78, 5) is 20.6. The molecule has 1 aromatic heterocycles. The molecule has 34 heavy (non-hydrogen) atoms. The molecule has 0 unspecified atom stereocenters. The molecule has 0 atom stereocenters. The molecule has 0 saturated carbocycles. The monoisotopic (exact) mass is 504 g/mol. The lowest BCUT2D eigenvalue weighted by Crippen LogP contribution is -2.20. The van der Waals surface area contributed by atoms with Gasteiger partial charge in [-0.15, -0.1) is 0 Å². The summed E-state index contributed by atoms with van der Waals surface area (Å²) in [5.74, 6) is -1.19. The highest BCUT2D eigenvalue weighted by Crippen LogP contribution is 2.36. The maximum atomic E-state index is 15.4. The highest BCUT2D eigenvalue weighted by atomic mass is 35.5. The smallest absolute Gasteiger partial charge is 0.265 e. The van der Waals surface area contributed by atoms with Gasteiger partial charge in [-0.1, -0.05) is 43.1 Å². The molecule has 0 aliphatic rings. The maximum absolute atomic E-state index is 15.4. The molecule has 0 spiro atoms. The van der Waals surface area contributed by atoms with E-state index in [2.05, 4.69) is 5.73 Å². The van der Waals surface area contributed by atoms with Crippen molar-refractivity contribution in [2.75, 3.05) is 0 Å². The Kier molecular flexibility index (Phi) is 9.07. The van der Waals surface area contributed by atoms with Crippen LogP contribution in [0.2, 0.25) is 10.0 Å². The molecular formula is C24H23Cl2FN4O3. The summed E-state index contributed by atoms with van der Waals surface area (Å²) in [6.45, 7) is 5.82. The number of benzene rings is 2. The zero-order valence-corrected chi connectivity index (χ0v) is 20.2. The van der Waals surface area contributed by atoms with Crippen molar-refractivity contribution in [3.8, 4) is 17.6 Å². The zero-order valence-electron chi connectivity index (χ0n) is 18.7. The van der Waals surface area contributed by atoms with Crippen molar-refractivity contribution in [1.82, 2.24) is 4.57 Å². The van der Waals surface area contributed by atoms with E-state index in [0.717, 1.165) is 11.3 Å². The number of rotatable bonds is 6. The SMILES string of the molecule is Cc1cc(C(C)C)n(Cc2ccc(Cl)c(Oc3cc(Cl)cc(C#N)c3)c2F)c1C(N)=O.NC=O. The lowest BCUT2D eigenvalue weighted by molar-refractivity contribution is -0.106. The number of aromatic nitrogens is 1. The Morgan fingerprint density at radius 3 is 2.47 bits per heavy atom. The highest BCUT2D eigenvalue weighted by molar-refractivity contribution is 6.32. The van der Waals surface area contributed by atoms with Gasteiger partial charge in [0, 0.05) is 16.3 Å². The van der Waals surface area contributed by atoms with Gasteiger partial charge in [0.05, 0.1) is 23.2 Å². The molecule has 0 radical (unpaired) electrons. The van der Waals surface area contributed by atoms with Crippen molar-refractivity contribution in [3.05, 3.63) is 80.3 Å². The Morgan fingerprint density at radius 2 is 1.91 bits per heavy atom. The third-order valence-electron chi connectivity index (χ3n) is 4.82. The van der Waals surface area contributed by atoms with Crippen LogP contribution >= 0.6 is 23.2 Å². The Hall–Kier alpha value is -3.54.